The quantitative estimate of drug-likeness (QED) is 0.664. The summed E-state index contributed by atoms with van der Waals surface area (Å²) in [6, 6.07) is 4.58. The van der Waals surface area contributed by atoms with E-state index in [-0.39, 0.29) is 11.9 Å². The van der Waals surface area contributed by atoms with Crippen molar-refractivity contribution in [3.05, 3.63) is 29.6 Å². The van der Waals surface area contributed by atoms with Crippen molar-refractivity contribution in [2.45, 2.75) is 57.9 Å². The van der Waals surface area contributed by atoms with Gasteiger partial charge in [0.05, 0.1) is 7.11 Å². The molecule has 1 unspecified atom stereocenters. The van der Waals surface area contributed by atoms with Crippen LogP contribution in [0.15, 0.2) is 18.2 Å². The molecule has 0 heterocycles. The summed E-state index contributed by atoms with van der Waals surface area (Å²) < 4.78 is 19.0. The minimum atomic E-state index is -0.276. The Labute approximate surface area is 116 Å². The average Bonchev–Trinajstić information content (AvgIpc) is 2.42. The third kappa shape index (κ3) is 5.19. The fraction of sp³-hybridized carbons (Fsp3) is 0.625. The number of hydrogen-bond donors (Lipinski definition) is 1. The lowest BCUT2D eigenvalue weighted by Crippen LogP contribution is -2.13. The van der Waals surface area contributed by atoms with E-state index in [0.29, 0.717) is 11.3 Å². The lowest BCUT2D eigenvalue weighted by atomic mass is 9.99. The van der Waals surface area contributed by atoms with Gasteiger partial charge in [-0.15, -0.1) is 0 Å². The Bertz CT molecular complexity index is 368. The molecule has 0 fully saturated rings. The van der Waals surface area contributed by atoms with Gasteiger partial charge in [0.25, 0.3) is 0 Å². The summed E-state index contributed by atoms with van der Waals surface area (Å²) in [4.78, 5) is 0. The molecule has 0 radical (unpaired) electrons. The van der Waals surface area contributed by atoms with Gasteiger partial charge in [-0.25, -0.2) is 4.39 Å². The maximum absolute atomic E-state index is 13.8. The summed E-state index contributed by atoms with van der Waals surface area (Å²) in [5.74, 6) is 0.288. The van der Waals surface area contributed by atoms with Crippen LogP contribution in [0.5, 0.6) is 5.75 Å². The molecule has 0 spiro atoms. The third-order valence-electron chi connectivity index (χ3n) is 3.47. The van der Waals surface area contributed by atoms with Crippen LogP contribution < -0.4 is 10.5 Å². The molecule has 1 atom stereocenters. The van der Waals surface area contributed by atoms with Crippen molar-refractivity contribution >= 4 is 0 Å². The molecule has 1 aromatic carbocycles. The third-order valence-corrected chi connectivity index (χ3v) is 3.47. The molecule has 19 heavy (non-hydrogen) atoms. The maximum atomic E-state index is 13.8. The Morgan fingerprint density at radius 3 is 2.53 bits per heavy atom. The van der Waals surface area contributed by atoms with Crippen molar-refractivity contribution in [3.63, 3.8) is 0 Å². The molecule has 1 rings (SSSR count). The zero-order valence-electron chi connectivity index (χ0n) is 12.1. The van der Waals surface area contributed by atoms with Gasteiger partial charge < -0.3 is 10.5 Å². The fourth-order valence-corrected chi connectivity index (χ4v) is 2.34. The van der Waals surface area contributed by atoms with Gasteiger partial charge in [-0.2, -0.15) is 0 Å². The highest BCUT2D eigenvalue weighted by atomic mass is 19.1. The van der Waals surface area contributed by atoms with E-state index in [9.17, 15) is 4.39 Å². The van der Waals surface area contributed by atoms with E-state index < -0.39 is 0 Å². The number of halogens is 1. The van der Waals surface area contributed by atoms with E-state index in [4.69, 9.17) is 10.5 Å². The Morgan fingerprint density at radius 1 is 1.16 bits per heavy atom. The van der Waals surface area contributed by atoms with Crippen molar-refractivity contribution in [2.24, 2.45) is 5.73 Å². The second-order valence-corrected chi connectivity index (χ2v) is 5.02. The van der Waals surface area contributed by atoms with Gasteiger partial charge in [0, 0.05) is 11.6 Å². The van der Waals surface area contributed by atoms with E-state index in [0.717, 1.165) is 12.8 Å². The van der Waals surface area contributed by atoms with Gasteiger partial charge >= 0.3 is 0 Å². The molecule has 0 saturated carbocycles. The molecule has 1 aromatic rings. The molecule has 0 amide bonds. The molecule has 0 aliphatic heterocycles. The molecule has 0 aromatic heterocycles. The molecule has 0 aliphatic carbocycles. The first kappa shape index (κ1) is 16.0. The van der Waals surface area contributed by atoms with Crippen LogP contribution in [0.4, 0.5) is 4.39 Å². The topological polar surface area (TPSA) is 35.2 Å². The fourth-order valence-electron chi connectivity index (χ4n) is 2.34. The van der Waals surface area contributed by atoms with Crippen LogP contribution in [0.2, 0.25) is 0 Å². The first-order chi connectivity index (χ1) is 9.20. The molecule has 0 aliphatic rings. The predicted octanol–water partition coefficient (Wildman–Crippen LogP) is 4.58. The zero-order valence-corrected chi connectivity index (χ0v) is 12.1. The van der Waals surface area contributed by atoms with Crippen molar-refractivity contribution in [2.75, 3.05) is 7.11 Å². The van der Waals surface area contributed by atoms with Crippen LogP contribution >= 0.6 is 0 Å². The Balaban J connectivity index is 2.43. The Kier molecular flexibility index (Phi) is 7.49. The van der Waals surface area contributed by atoms with Crippen molar-refractivity contribution in [3.8, 4) is 5.75 Å². The van der Waals surface area contributed by atoms with Crippen molar-refractivity contribution in [1.82, 2.24) is 0 Å². The second kappa shape index (κ2) is 8.92. The summed E-state index contributed by atoms with van der Waals surface area (Å²) in [6.45, 7) is 2.21. The minimum Gasteiger partial charge on any atom is -0.496 e. The highest BCUT2D eigenvalue weighted by molar-refractivity contribution is 5.36. The number of benzene rings is 1. The van der Waals surface area contributed by atoms with Gasteiger partial charge in [0.15, 0.2) is 0 Å². The monoisotopic (exact) mass is 267 g/mol. The number of methoxy groups -OCH3 is 1. The molecule has 3 heteroatoms. The van der Waals surface area contributed by atoms with Gasteiger partial charge in [-0.05, 0) is 18.6 Å². The van der Waals surface area contributed by atoms with E-state index in [1.54, 1.807) is 19.2 Å². The number of rotatable bonds is 9. The molecular formula is C16H26FNO. The van der Waals surface area contributed by atoms with Crippen molar-refractivity contribution < 1.29 is 9.13 Å². The predicted molar refractivity (Wildman–Crippen MR) is 77.9 cm³/mol. The lowest BCUT2D eigenvalue weighted by molar-refractivity contribution is 0.395. The Hall–Kier alpha value is -1.09. The van der Waals surface area contributed by atoms with Crippen LogP contribution in [0.25, 0.3) is 0 Å². The van der Waals surface area contributed by atoms with Crippen LogP contribution in [0.3, 0.4) is 0 Å². The van der Waals surface area contributed by atoms with E-state index >= 15 is 0 Å². The SMILES string of the molecule is CCCCCCCCC(N)c1c(F)cccc1OC. The number of unbranched alkanes of at least 4 members (excludes halogenated alkanes) is 5. The number of ether oxygens (including phenoxy) is 1. The number of nitrogens with two attached hydrogens (primary N) is 1. The smallest absolute Gasteiger partial charge is 0.131 e. The molecule has 108 valence electrons. The van der Waals surface area contributed by atoms with Crippen LogP contribution in [-0.4, -0.2) is 7.11 Å². The van der Waals surface area contributed by atoms with Gasteiger partial charge in [0.1, 0.15) is 11.6 Å². The molecular weight excluding hydrogens is 241 g/mol. The molecule has 0 bridgehead atoms. The van der Waals surface area contributed by atoms with E-state index in [1.807, 2.05) is 0 Å². The lowest BCUT2D eigenvalue weighted by Gasteiger charge is -2.16. The van der Waals surface area contributed by atoms with Crippen LogP contribution in [-0.2, 0) is 0 Å². The standard InChI is InChI=1S/C16H26FNO/c1-3-4-5-6-7-8-11-14(18)16-13(17)10-9-12-15(16)19-2/h9-10,12,14H,3-8,11,18H2,1-2H3. The first-order valence-electron chi connectivity index (χ1n) is 7.28. The highest BCUT2D eigenvalue weighted by Crippen LogP contribution is 2.29. The largest absolute Gasteiger partial charge is 0.496 e. The van der Waals surface area contributed by atoms with Crippen LogP contribution in [0, 0.1) is 5.82 Å². The molecule has 2 nitrogen and oxygen atoms in total. The zero-order chi connectivity index (χ0) is 14.1. The molecule has 2 N–H and O–H groups in total. The normalized spacial score (nSPS) is 12.4. The summed E-state index contributed by atoms with van der Waals surface area (Å²) in [7, 11) is 1.55. The van der Waals surface area contributed by atoms with Crippen molar-refractivity contribution in [1.29, 1.82) is 0 Å². The Morgan fingerprint density at radius 2 is 1.84 bits per heavy atom. The highest BCUT2D eigenvalue weighted by Gasteiger charge is 2.16. The minimum absolute atomic E-state index is 0.266. The summed E-state index contributed by atoms with van der Waals surface area (Å²) in [6.07, 6.45) is 8.11. The van der Waals surface area contributed by atoms with Crippen LogP contribution in [0.1, 0.15) is 63.5 Å². The van der Waals surface area contributed by atoms with E-state index in [1.165, 1.54) is 38.2 Å². The van der Waals surface area contributed by atoms with Gasteiger partial charge in [0.2, 0.25) is 0 Å². The van der Waals surface area contributed by atoms with Gasteiger partial charge in [-0.3, -0.25) is 0 Å². The average molecular weight is 267 g/mol. The van der Waals surface area contributed by atoms with E-state index in [2.05, 4.69) is 6.92 Å². The molecule has 0 saturated heterocycles. The van der Waals surface area contributed by atoms with Gasteiger partial charge in [-0.1, -0.05) is 51.5 Å². The second-order valence-electron chi connectivity index (χ2n) is 5.02. The summed E-state index contributed by atoms with van der Waals surface area (Å²) in [5.41, 5.74) is 6.61. The maximum Gasteiger partial charge on any atom is 0.131 e. The summed E-state index contributed by atoms with van der Waals surface area (Å²) in [5, 5.41) is 0. The number of hydrogen-bond acceptors (Lipinski definition) is 2. The first-order valence-corrected chi connectivity index (χ1v) is 7.28. The summed E-state index contributed by atoms with van der Waals surface area (Å²) >= 11 is 0.